The van der Waals surface area contributed by atoms with E-state index in [1.807, 2.05) is 12.3 Å². The van der Waals surface area contributed by atoms with Gasteiger partial charge in [0.2, 0.25) is 0 Å². The fraction of sp³-hybridized carbons (Fsp3) is 0.286. The second kappa shape index (κ2) is 5.38. The fourth-order valence-corrected chi connectivity index (χ4v) is 2.94. The molecule has 8 heteroatoms. The maximum Gasteiger partial charge on any atom is 0.331 e. The van der Waals surface area contributed by atoms with Crippen LogP contribution in [0.4, 0.5) is 0 Å². The highest BCUT2D eigenvalue weighted by atomic mass is 32.1. The summed E-state index contributed by atoms with van der Waals surface area (Å²) in [5.41, 5.74) is 1.15. The molecule has 0 aromatic carbocycles. The molecule has 7 nitrogen and oxygen atoms in total. The highest BCUT2D eigenvalue weighted by Gasteiger charge is 2.15. The van der Waals surface area contributed by atoms with E-state index in [1.165, 1.54) is 22.1 Å². The number of aryl methyl sites for hydroxylation is 3. The summed E-state index contributed by atoms with van der Waals surface area (Å²) in [5, 5.41) is 6.23. The lowest BCUT2D eigenvalue weighted by Crippen LogP contribution is -2.39. The largest absolute Gasteiger partial charge is 0.359 e. The third kappa shape index (κ3) is 2.52. The summed E-state index contributed by atoms with van der Waals surface area (Å²) >= 11 is 1.37. The van der Waals surface area contributed by atoms with Gasteiger partial charge < -0.3 is 9.09 Å². The molecule has 3 heterocycles. The first-order valence-corrected chi connectivity index (χ1v) is 7.49. The van der Waals surface area contributed by atoms with Crippen LogP contribution in [0, 0.1) is 13.8 Å². The van der Waals surface area contributed by atoms with E-state index >= 15 is 0 Å². The predicted molar refractivity (Wildman–Crippen MR) is 82.1 cm³/mol. The fourth-order valence-electron chi connectivity index (χ4n) is 2.14. The van der Waals surface area contributed by atoms with Crippen LogP contribution < -0.4 is 11.2 Å². The molecule has 0 bridgehead atoms. The average molecular weight is 318 g/mol. The Hall–Kier alpha value is -2.48. The highest BCUT2D eigenvalue weighted by Crippen LogP contribution is 2.19. The Morgan fingerprint density at radius 3 is 2.64 bits per heavy atom. The van der Waals surface area contributed by atoms with E-state index in [2.05, 4.69) is 10.1 Å². The van der Waals surface area contributed by atoms with Crippen molar-refractivity contribution in [2.75, 3.05) is 0 Å². The van der Waals surface area contributed by atoms with Crippen LogP contribution in [0.25, 0.3) is 10.6 Å². The van der Waals surface area contributed by atoms with Crippen LogP contribution in [0.5, 0.6) is 0 Å². The Bertz CT molecular complexity index is 948. The number of hydrogen-bond donors (Lipinski definition) is 0. The molecule has 0 saturated heterocycles. The van der Waals surface area contributed by atoms with E-state index in [0.29, 0.717) is 22.0 Å². The van der Waals surface area contributed by atoms with Crippen LogP contribution in [0.1, 0.15) is 17.1 Å². The van der Waals surface area contributed by atoms with Crippen LogP contribution in [0.2, 0.25) is 0 Å². The Morgan fingerprint density at radius 2 is 2.05 bits per heavy atom. The van der Waals surface area contributed by atoms with Crippen molar-refractivity contribution in [3.63, 3.8) is 0 Å². The molecule has 3 aromatic heterocycles. The Morgan fingerprint density at radius 1 is 1.27 bits per heavy atom. The van der Waals surface area contributed by atoms with Gasteiger partial charge in [0.1, 0.15) is 5.01 Å². The van der Waals surface area contributed by atoms with E-state index in [-0.39, 0.29) is 12.1 Å². The predicted octanol–water partition coefficient (Wildman–Crippen LogP) is 1.32. The summed E-state index contributed by atoms with van der Waals surface area (Å²) in [6.45, 7) is 3.69. The van der Waals surface area contributed by atoms with Gasteiger partial charge in [0.15, 0.2) is 5.76 Å². The summed E-state index contributed by atoms with van der Waals surface area (Å²) < 4.78 is 7.60. The van der Waals surface area contributed by atoms with Gasteiger partial charge in [0.25, 0.3) is 5.56 Å². The minimum absolute atomic E-state index is 0.0462. The Labute approximate surface area is 129 Å². The molecular weight excluding hydrogens is 304 g/mol. The van der Waals surface area contributed by atoms with Gasteiger partial charge in [0.05, 0.1) is 17.8 Å². The Balaban J connectivity index is 2.15. The first-order chi connectivity index (χ1) is 10.5. The zero-order valence-corrected chi connectivity index (χ0v) is 13.2. The van der Waals surface area contributed by atoms with Crippen LogP contribution in [0.15, 0.2) is 31.8 Å². The molecule has 0 aliphatic carbocycles. The molecule has 22 heavy (non-hydrogen) atoms. The molecule has 0 amide bonds. The quantitative estimate of drug-likeness (QED) is 0.727. The van der Waals surface area contributed by atoms with Crippen molar-refractivity contribution in [2.24, 2.45) is 7.05 Å². The van der Waals surface area contributed by atoms with Gasteiger partial charge in [-0.2, -0.15) is 0 Å². The molecule has 0 N–H and O–H groups in total. The summed E-state index contributed by atoms with van der Waals surface area (Å²) in [5.74, 6) is 0.462. The van der Waals surface area contributed by atoms with Crippen LogP contribution >= 0.6 is 11.3 Å². The van der Waals surface area contributed by atoms with Crippen LogP contribution in [-0.2, 0) is 13.6 Å². The molecule has 114 valence electrons. The highest BCUT2D eigenvalue weighted by molar-refractivity contribution is 7.13. The van der Waals surface area contributed by atoms with Gasteiger partial charge >= 0.3 is 5.69 Å². The SMILES string of the molecule is Cc1cc(Cn2c(=O)c(-c3nc(C)cs3)cn(C)c2=O)on1. The molecule has 0 spiro atoms. The smallest absolute Gasteiger partial charge is 0.331 e. The second-order valence-corrected chi connectivity index (χ2v) is 5.91. The van der Waals surface area contributed by atoms with Gasteiger partial charge in [-0.25, -0.2) is 9.78 Å². The topological polar surface area (TPSA) is 82.9 Å². The number of rotatable bonds is 3. The van der Waals surface area contributed by atoms with E-state index in [0.717, 1.165) is 10.3 Å². The molecule has 0 saturated carbocycles. The van der Waals surface area contributed by atoms with Gasteiger partial charge in [-0.15, -0.1) is 11.3 Å². The third-order valence-corrected chi connectivity index (χ3v) is 4.16. The van der Waals surface area contributed by atoms with E-state index in [1.54, 1.807) is 20.0 Å². The minimum atomic E-state index is -0.406. The van der Waals surface area contributed by atoms with Gasteiger partial charge in [-0.3, -0.25) is 9.36 Å². The van der Waals surface area contributed by atoms with Crippen molar-refractivity contribution >= 4 is 11.3 Å². The summed E-state index contributed by atoms with van der Waals surface area (Å²) in [6, 6.07) is 1.70. The van der Waals surface area contributed by atoms with Crippen molar-refractivity contribution in [1.29, 1.82) is 0 Å². The van der Waals surface area contributed by atoms with Crippen molar-refractivity contribution in [2.45, 2.75) is 20.4 Å². The zero-order valence-electron chi connectivity index (χ0n) is 12.4. The van der Waals surface area contributed by atoms with Crippen molar-refractivity contribution < 1.29 is 4.52 Å². The van der Waals surface area contributed by atoms with Crippen molar-refractivity contribution in [3.8, 4) is 10.6 Å². The molecule has 3 aromatic rings. The average Bonchev–Trinajstić information content (AvgIpc) is 3.08. The molecule has 0 aliphatic heterocycles. The van der Waals surface area contributed by atoms with Crippen LogP contribution in [0.3, 0.4) is 0 Å². The molecule has 0 fully saturated rings. The molecule has 0 unspecified atom stereocenters. The molecule has 0 aliphatic rings. The normalized spacial score (nSPS) is 11.0. The lowest BCUT2D eigenvalue weighted by molar-refractivity contribution is 0.368. The van der Waals surface area contributed by atoms with E-state index in [9.17, 15) is 9.59 Å². The standard InChI is InChI=1S/C14H14N4O3S/c1-8-4-10(21-16-8)5-18-13(19)11(6-17(3)14(18)20)12-15-9(2)7-22-12/h4,6-7H,5H2,1-3H3. The van der Waals surface area contributed by atoms with E-state index in [4.69, 9.17) is 4.52 Å². The minimum Gasteiger partial charge on any atom is -0.359 e. The van der Waals surface area contributed by atoms with Crippen molar-refractivity contribution in [1.82, 2.24) is 19.3 Å². The number of aromatic nitrogens is 4. The van der Waals surface area contributed by atoms with Gasteiger partial charge in [-0.05, 0) is 13.8 Å². The lowest BCUT2D eigenvalue weighted by Gasteiger charge is -2.07. The number of hydrogen-bond acceptors (Lipinski definition) is 6. The van der Waals surface area contributed by atoms with Crippen molar-refractivity contribution in [3.05, 3.63) is 55.6 Å². The van der Waals surface area contributed by atoms with Gasteiger partial charge in [-0.1, -0.05) is 5.16 Å². The van der Waals surface area contributed by atoms with E-state index < -0.39 is 5.69 Å². The molecule has 3 rings (SSSR count). The number of nitrogens with zero attached hydrogens (tertiary/aromatic N) is 4. The lowest BCUT2D eigenvalue weighted by atomic mass is 10.3. The first kappa shape index (κ1) is 14.5. The molecule has 0 radical (unpaired) electrons. The summed E-state index contributed by atoms with van der Waals surface area (Å²) in [6.07, 6.45) is 1.52. The monoisotopic (exact) mass is 318 g/mol. The zero-order chi connectivity index (χ0) is 15.9. The maximum absolute atomic E-state index is 12.6. The number of thiazole rings is 1. The third-order valence-electron chi connectivity index (χ3n) is 3.17. The first-order valence-electron chi connectivity index (χ1n) is 6.61. The maximum atomic E-state index is 12.6. The molecular formula is C14H14N4O3S. The summed E-state index contributed by atoms with van der Waals surface area (Å²) in [4.78, 5) is 29.2. The second-order valence-electron chi connectivity index (χ2n) is 5.06. The summed E-state index contributed by atoms with van der Waals surface area (Å²) in [7, 11) is 1.61. The molecule has 0 atom stereocenters. The van der Waals surface area contributed by atoms with Crippen LogP contribution in [-0.4, -0.2) is 19.3 Å². The van der Waals surface area contributed by atoms with Gasteiger partial charge in [0, 0.05) is 30.4 Å². The Kier molecular flexibility index (Phi) is 3.53.